The van der Waals surface area contributed by atoms with Gasteiger partial charge < -0.3 is 19.1 Å². The summed E-state index contributed by atoms with van der Waals surface area (Å²) in [5.41, 5.74) is 0. The molecule has 3 N–H and O–H groups in total. The highest BCUT2D eigenvalue weighted by Gasteiger charge is 2.29. The van der Waals surface area contributed by atoms with Crippen LogP contribution in [0.1, 0.15) is 0 Å². The zero-order chi connectivity index (χ0) is 8.41. The first-order valence-electron chi connectivity index (χ1n) is 1.92. The van der Waals surface area contributed by atoms with Gasteiger partial charge >= 0.3 is 15.6 Å². The molecule has 0 aliphatic rings. The Morgan fingerprint density at radius 2 is 1.60 bits per heavy atom. The van der Waals surface area contributed by atoms with Gasteiger partial charge in [-0.1, -0.05) is 0 Å². The highest BCUT2D eigenvalue weighted by molar-refractivity contribution is 7.61. The van der Waals surface area contributed by atoms with Crippen molar-refractivity contribution in [1.29, 1.82) is 0 Å². The normalized spacial score (nSPS) is 18.3. The van der Waals surface area contributed by atoms with Gasteiger partial charge in [-0.15, -0.1) is 0 Å². The van der Waals surface area contributed by atoms with E-state index in [0.717, 1.165) is 8.05 Å². The van der Waals surface area contributed by atoms with Crippen molar-refractivity contribution in [2.75, 3.05) is 0 Å². The molecular weight excluding hydrogens is 185 g/mol. The molecule has 0 saturated carbocycles. The molecule has 0 bridgehead atoms. The second kappa shape index (κ2) is 3.15. The Balaban J connectivity index is 4.17. The monoisotopic (exact) mass is 190 g/mol. The Morgan fingerprint density at radius 3 is 1.70 bits per heavy atom. The lowest BCUT2D eigenvalue weighted by atomic mass is 10.6. The van der Waals surface area contributed by atoms with Crippen LogP contribution in [-0.4, -0.2) is 22.7 Å². The zero-order valence-corrected chi connectivity index (χ0v) is 6.66. The standard InChI is InChI=1S/BH5O7P2/c1-7-10(5,6)8-9(2,3)4/h1H2,(H,5,6)(H2,2,3,4). The molecular formula is H5BO7P2. The van der Waals surface area contributed by atoms with Crippen LogP contribution in [0, 0.1) is 0 Å². The Bertz CT molecular complexity index is 190. The van der Waals surface area contributed by atoms with Gasteiger partial charge in [0.15, 0.2) is 0 Å². The van der Waals surface area contributed by atoms with Gasteiger partial charge in [0.2, 0.25) is 0 Å². The molecule has 0 heterocycles. The summed E-state index contributed by atoms with van der Waals surface area (Å²) in [6.07, 6.45) is 0. The van der Waals surface area contributed by atoms with Gasteiger partial charge in [0, 0.05) is 0 Å². The molecule has 7 nitrogen and oxygen atoms in total. The van der Waals surface area contributed by atoms with Crippen molar-refractivity contribution >= 4 is 23.7 Å². The van der Waals surface area contributed by atoms with E-state index >= 15 is 0 Å². The first kappa shape index (κ1) is 10.3. The Kier molecular flexibility index (Phi) is 3.25. The van der Waals surface area contributed by atoms with E-state index in [1.54, 1.807) is 0 Å². The summed E-state index contributed by atoms with van der Waals surface area (Å²) in [7, 11) is -8.71. The summed E-state index contributed by atoms with van der Waals surface area (Å²) in [5, 5.41) is 0. The average Bonchev–Trinajstić information content (AvgIpc) is 1.60. The van der Waals surface area contributed by atoms with Crippen LogP contribution < -0.4 is 0 Å². The lowest BCUT2D eigenvalue weighted by molar-refractivity contribution is 0.233. The summed E-state index contributed by atoms with van der Waals surface area (Å²) >= 11 is 0. The molecule has 0 aromatic carbocycles. The van der Waals surface area contributed by atoms with Crippen molar-refractivity contribution in [3.63, 3.8) is 0 Å². The molecule has 60 valence electrons. The van der Waals surface area contributed by atoms with Crippen molar-refractivity contribution in [2.24, 2.45) is 0 Å². The van der Waals surface area contributed by atoms with Gasteiger partial charge in [-0.2, -0.15) is 4.31 Å². The maximum absolute atomic E-state index is 10.2. The van der Waals surface area contributed by atoms with Crippen LogP contribution in [-0.2, 0) is 17.9 Å². The van der Waals surface area contributed by atoms with Crippen LogP contribution in [0.3, 0.4) is 0 Å². The van der Waals surface area contributed by atoms with E-state index in [9.17, 15) is 9.13 Å². The number of hydrogen-bond acceptors (Lipinski definition) is 4. The molecule has 1 atom stereocenters. The highest BCUT2D eigenvalue weighted by atomic mass is 31.3. The Labute approximate surface area is 57.3 Å². The Morgan fingerprint density at radius 1 is 1.20 bits per heavy atom. The molecule has 1 unspecified atom stereocenters. The smallest absolute Gasteiger partial charge is 0.358 e. The molecule has 0 spiro atoms. The van der Waals surface area contributed by atoms with Crippen LogP contribution in [0.4, 0.5) is 0 Å². The van der Waals surface area contributed by atoms with Crippen LogP contribution in [0.15, 0.2) is 0 Å². The van der Waals surface area contributed by atoms with Crippen molar-refractivity contribution < 1.29 is 32.6 Å². The van der Waals surface area contributed by atoms with Crippen LogP contribution >= 0.6 is 15.6 Å². The molecule has 0 aromatic heterocycles. The van der Waals surface area contributed by atoms with E-state index < -0.39 is 15.6 Å². The van der Waals surface area contributed by atoms with Crippen LogP contribution in [0.5, 0.6) is 0 Å². The third-order valence-corrected chi connectivity index (χ3v) is 2.58. The van der Waals surface area contributed by atoms with Crippen molar-refractivity contribution in [1.82, 2.24) is 0 Å². The summed E-state index contributed by atoms with van der Waals surface area (Å²) in [5.74, 6) is 0. The second-order valence-electron chi connectivity index (χ2n) is 1.22. The van der Waals surface area contributed by atoms with Gasteiger partial charge in [-0.3, -0.25) is 0 Å². The maximum atomic E-state index is 10.2. The Hall–Kier alpha value is 0.325. The zero-order valence-electron chi connectivity index (χ0n) is 4.87. The third-order valence-electron chi connectivity index (χ3n) is 0.440. The number of hydrogen-bond donors (Lipinski definition) is 3. The van der Waals surface area contributed by atoms with E-state index in [1.165, 1.54) is 0 Å². The minimum absolute atomic E-state index is 0.788. The molecule has 0 aliphatic carbocycles. The van der Waals surface area contributed by atoms with Crippen LogP contribution in [0.2, 0.25) is 0 Å². The number of rotatable bonds is 3. The molecule has 0 amide bonds. The van der Waals surface area contributed by atoms with Crippen molar-refractivity contribution in [2.45, 2.75) is 0 Å². The minimum Gasteiger partial charge on any atom is -0.358 e. The predicted molar refractivity (Wildman–Crippen MR) is 32.6 cm³/mol. The maximum Gasteiger partial charge on any atom is 0.478 e. The molecule has 0 radical (unpaired) electrons. The lowest BCUT2D eigenvalue weighted by Gasteiger charge is -2.08. The van der Waals surface area contributed by atoms with Gasteiger partial charge in [-0.05, 0) is 0 Å². The van der Waals surface area contributed by atoms with Gasteiger partial charge in [-0.25, -0.2) is 9.13 Å². The summed E-state index contributed by atoms with van der Waals surface area (Å²) in [6, 6.07) is 0. The second-order valence-corrected chi connectivity index (χ2v) is 4.16. The molecule has 10 heteroatoms. The first-order chi connectivity index (χ1) is 4.27. The molecule has 10 heavy (non-hydrogen) atoms. The summed E-state index contributed by atoms with van der Waals surface area (Å²) in [6.45, 7) is 0. The van der Waals surface area contributed by atoms with E-state index in [1.807, 2.05) is 0 Å². The van der Waals surface area contributed by atoms with Crippen molar-refractivity contribution in [3.05, 3.63) is 0 Å². The fraction of sp³-hybridized carbons (Fsp3) is 0. The van der Waals surface area contributed by atoms with E-state index in [2.05, 4.69) is 8.75 Å². The number of phosphoric acid groups is 2. The van der Waals surface area contributed by atoms with Gasteiger partial charge in [0.05, 0.1) is 0 Å². The molecule has 0 saturated heterocycles. The fourth-order valence-electron chi connectivity index (χ4n) is 0.168. The topological polar surface area (TPSA) is 113 Å². The predicted octanol–water partition coefficient (Wildman–Crippen LogP) is -1.24. The van der Waals surface area contributed by atoms with E-state index in [-0.39, 0.29) is 0 Å². The quantitative estimate of drug-likeness (QED) is 0.376. The molecule has 0 fully saturated rings. The van der Waals surface area contributed by atoms with E-state index in [0.29, 0.717) is 0 Å². The summed E-state index contributed by atoms with van der Waals surface area (Å²) < 4.78 is 27.1. The van der Waals surface area contributed by atoms with E-state index in [4.69, 9.17) is 14.7 Å². The molecule has 0 aliphatic heterocycles. The highest BCUT2D eigenvalue weighted by Crippen LogP contribution is 2.56. The third kappa shape index (κ3) is 5.14. The lowest BCUT2D eigenvalue weighted by Crippen LogP contribution is -1.89. The van der Waals surface area contributed by atoms with Crippen LogP contribution in [0.25, 0.3) is 0 Å². The van der Waals surface area contributed by atoms with Crippen molar-refractivity contribution in [3.8, 4) is 0 Å². The first-order valence-corrected chi connectivity index (χ1v) is 4.95. The fourth-order valence-corrected chi connectivity index (χ4v) is 1.51. The molecule has 0 rings (SSSR count). The minimum atomic E-state index is -4.94. The SMILES string of the molecule is BOP(=O)(O)OP(=O)(O)O. The van der Waals surface area contributed by atoms with Gasteiger partial charge in [0.25, 0.3) is 8.05 Å². The van der Waals surface area contributed by atoms with Gasteiger partial charge in [0.1, 0.15) is 0 Å². The summed E-state index contributed by atoms with van der Waals surface area (Å²) in [4.78, 5) is 24.2. The average molecular weight is 190 g/mol. The molecule has 0 aromatic rings. The largest absolute Gasteiger partial charge is 0.478 e.